The van der Waals surface area contributed by atoms with E-state index in [0.29, 0.717) is 18.6 Å². The van der Waals surface area contributed by atoms with Gasteiger partial charge in [0.15, 0.2) is 0 Å². The van der Waals surface area contributed by atoms with E-state index >= 15 is 0 Å². The molecular formula is C16H24Br2N2. The van der Waals surface area contributed by atoms with E-state index in [9.17, 15) is 0 Å². The van der Waals surface area contributed by atoms with Gasteiger partial charge in [0.25, 0.3) is 0 Å². The van der Waals surface area contributed by atoms with Crippen LogP contribution in [-0.2, 0) is 0 Å². The van der Waals surface area contributed by atoms with Gasteiger partial charge in [-0.3, -0.25) is 4.90 Å². The third kappa shape index (κ3) is 3.85. The standard InChI is InChI=1S/C16H24Br2N2/c1-2-13-6-4-3-5-9-20(13)16(11-19)12-7-8-14(17)15(18)10-12/h7-8,10,13,16H,2-6,9,11,19H2,1H3. The Hall–Kier alpha value is 0.1000. The molecule has 0 aromatic heterocycles. The van der Waals surface area contributed by atoms with E-state index in [2.05, 4.69) is 61.9 Å². The second-order valence-corrected chi connectivity index (χ2v) is 7.28. The van der Waals surface area contributed by atoms with Crippen molar-refractivity contribution >= 4 is 31.9 Å². The molecule has 2 N–H and O–H groups in total. The summed E-state index contributed by atoms with van der Waals surface area (Å²) in [4.78, 5) is 2.64. The van der Waals surface area contributed by atoms with E-state index in [1.54, 1.807) is 0 Å². The van der Waals surface area contributed by atoms with Gasteiger partial charge in [0.05, 0.1) is 0 Å². The molecule has 0 radical (unpaired) electrons. The molecule has 0 amide bonds. The normalized spacial score (nSPS) is 22.5. The topological polar surface area (TPSA) is 29.3 Å². The molecule has 20 heavy (non-hydrogen) atoms. The number of halogens is 2. The number of nitrogens with two attached hydrogens (primary N) is 1. The highest BCUT2D eigenvalue weighted by Crippen LogP contribution is 2.32. The fourth-order valence-corrected chi connectivity index (χ4v) is 3.87. The van der Waals surface area contributed by atoms with Crippen molar-refractivity contribution in [3.05, 3.63) is 32.7 Å². The summed E-state index contributed by atoms with van der Waals surface area (Å²) >= 11 is 7.15. The first-order valence-electron chi connectivity index (χ1n) is 7.58. The molecule has 112 valence electrons. The molecule has 1 saturated heterocycles. The minimum absolute atomic E-state index is 0.336. The van der Waals surface area contributed by atoms with Crippen molar-refractivity contribution in [1.82, 2.24) is 4.90 Å². The van der Waals surface area contributed by atoms with E-state index in [-0.39, 0.29) is 0 Å². The first-order valence-corrected chi connectivity index (χ1v) is 9.16. The van der Waals surface area contributed by atoms with Gasteiger partial charge in [-0.1, -0.05) is 25.8 Å². The second kappa shape index (κ2) is 7.92. The van der Waals surface area contributed by atoms with Crippen LogP contribution in [0.25, 0.3) is 0 Å². The predicted molar refractivity (Wildman–Crippen MR) is 92.9 cm³/mol. The van der Waals surface area contributed by atoms with Crippen molar-refractivity contribution in [2.24, 2.45) is 5.73 Å². The van der Waals surface area contributed by atoms with E-state index in [4.69, 9.17) is 5.73 Å². The van der Waals surface area contributed by atoms with Crippen molar-refractivity contribution in [1.29, 1.82) is 0 Å². The van der Waals surface area contributed by atoms with Gasteiger partial charge in [0.1, 0.15) is 0 Å². The second-order valence-electron chi connectivity index (χ2n) is 5.57. The van der Waals surface area contributed by atoms with Crippen molar-refractivity contribution in [2.75, 3.05) is 13.1 Å². The molecule has 0 bridgehead atoms. The Balaban J connectivity index is 2.26. The van der Waals surface area contributed by atoms with Crippen LogP contribution in [0.15, 0.2) is 27.1 Å². The maximum absolute atomic E-state index is 6.12. The van der Waals surface area contributed by atoms with Crippen LogP contribution in [0.4, 0.5) is 0 Å². The molecular weight excluding hydrogens is 380 g/mol. The van der Waals surface area contributed by atoms with Crippen molar-refractivity contribution in [3.63, 3.8) is 0 Å². The van der Waals surface area contributed by atoms with Crippen LogP contribution < -0.4 is 5.73 Å². The molecule has 2 rings (SSSR count). The predicted octanol–water partition coefficient (Wildman–Crippen LogP) is 4.87. The molecule has 1 heterocycles. The van der Waals surface area contributed by atoms with Crippen molar-refractivity contribution in [3.8, 4) is 0 Å². The highest BCUT2D eigenvalue weighted by Gasteiger charge is 2.27. The first kappa shape index (κ1) is 16.5. The summed E-state index contributed by atoms with van der Waals surface area (Å²) < 4.78 is 2.20. The molecule has 1 aromatic rings. The van der Waals surface area contributed by atoms with Crippen LogP contribution in [0.2, 0.25) is 0 Å². The summed E-state index contributed by atoms with van der Waals surface area (Å²) in [6.45, 7) is 4.16. The van der Waals surface area contributed by atoms with E-state index in [1.807, 2.05) is 0 Å². The summed E-state index contributed by atoms with van der Waals surface area (Å²) in [5, 5.41) is 0. The lowest BCUT2D eigenvalue weighted by atomic mass is 10.0. The lowest BCUT2D eigenvalue weighted by Gasteiger charge is -2.36. The van der Waals surface area contributed by atoms with Crippen LogP contribution in [-0.4, -0.2) is 24.0 Å². The maximum Gasteiger partial charge on any atom is 0.0473 e. The van der Waals surface area contributed by atoms with Gasteiger partial charge >= 0.3 is 0 Å². The lowest BCUT2D eigenvalue weighted by Crippen LogP contribution is -2.41. The Morgan fingerprint density at radius 3 is 2.70 bits per heavy atom. The number of hydrogen-bond acceptors (Lipinski definition) is 2. The van der Waals surface area contributed by atoms with Gasteiger partial charge in [-0.15, -0.1) is 0 Å². The Labute approximate surface area is 139 Å². The molecule has 0 spiro atoms. The average Bonchev–Trinajstić information content (AvgIpc) is 2.69. The molecule has 1 aromatic carbocycles. The number of benzene rings is 1. The Morgan fingerprint density at radius 1 is 1.25 bits per heavy atom. The SMILES string of the molecule is CCC1CCCCCN1C(CN)c1ccc(Br)c(Br)c1. The Morgan fingerprint density at radius 2 is 2.05 bits per heavy atom. The average molecular weight is 404 g/mol. The number of nitrogens with zero attached hydrogens (tertiary/aromatic N) is 1. The van der Waals surface area contributed by atoms with Crippen LogP contribution in [0.1, 0.15) is 50.6 Å². The summed E-state index contributed by atoms with van der Waals surface area (Å²) in [6, 6.07) is 7.53. The highest BCUT2D eigenvalue weighted by atomic mass is 79.9. The quantitative estimate of drug-likeness (QED) is 0.777. The fraction of sp³-hybridized carbons (Fsp3) is 0.625. The first-order chi connectivity index (χ1) is 9.67. The third-order valence-electron chi connectivity index (χ3n) is 4.35. The van der Waals surface area contributed by atoms with Gasteiger partial charge in [-0.2, -0.15) is 0 Å². The molecule has 1 aliphatic rings. The van der Waals surface area contributed by atoms with Gasteiger partial charge in [-0.25, -0.2) is 0 Å². The van der Waals surface area contributed by atoms with Crippen LogP contribution in [0, 0.1) is 0 Å². The van der Waals surface area contributed by atoms with Gasteiger partial charge in [0.2, 0.25) is 0 Å². The fourth-order valence-electron chi connectivity index (χ4n) is 3.23. The molecule has 0 aliphatic carbocycles. The van der Waals surface area contributed by atoms with Gasteiger partial charge in [0, 0.05) is 27.6 Å². The van der Waals surface area contributed by atoms with E-state index < -0.39 is 0 Å². The molecule has 1 aliphatic heterocycles. The zero-order valence-electron chi connectivity index (χ0n) is 12.1. The summed E-state index contributed by atoms with van der Waals surface area (Å²) in [7, 11) is 0. The number of likely N-dealkylation sites (tertiary alicyclic amines) is 1. The molecule has 2 atom stereocenters. The summed E-state index contributed by atoms with van der Waals surface area (Å²) in [5.74, 6) is 0. The van der Waals surface area contributed by atoms with Crippen molar-refractivity contribution < 1.29 is 0 Å². The zero-order chi connectivity index (χ0) is 14.5. The third-order valence-corrected chi connectivity index (χ3v) is 6.23. The zero-order valence-corrected chi connectivity index (χ0v) is 15.3. The minimum Gasteiger partial charge on any atom is -0.329 e. The molecule has 1 fully saturated rings. The Bertz CT molecular complexity index is 436. The highest BCUT2D eigenvalue weighted by molar-refractivity contribution is 9.13. The molecule has 2 nitrogen and oxygen atoms in total. The summed E-state index contributed by atoms with van der Waals surface area (Å²) in [5.41, 5.74) is 7.45. The van der Waals surface area contributed by atoms with Crippen LogP contribution in [0.3, 0.4) is 0 Å². The minimum atomic E-state index is 0.336. The van der Waals surface area contributed by atoms with Crippen molar-refractivity contribution in [2.45, 2.75) is 51.1 Å². The summed E-state index contributed by atoms with van der Waals surface area (Å²) in [6.07, 6.45) is 6.54. The van der Waals surface area contributed by atoms with Crippen LogP contribution >= 0.6 is 31.9 Å². The van der Waals surface area contributed by atoms with Gasteiger partial charge < -0.3 is 5.73 Å². The molecule has 4 heteroatoms. The van der Waals surface area contributed by atoms with E-state index in [0.717, 1.165) is 8.95 Å². The van der Waals surface area contributed by atoms with Crippen LogP contribution in [0.5, 0.6) is 0 Å². The van der Waals surface area contributed by atoms with Gasteiger partial charge in [-0.05, 0) is 75.4 Å². The number of hydrogen-bond donors (Lipinski definition) is 1. The smallest absolute Gasteiger partial charge is 0.0473 e. The molecule has 0 saturated carbocycles. The lowest BCUT2D eigenvalue weighted by molar-refractivity contribution is 0.136. The van der Waals surface area contributed by atoms with E-state index in [1.165, 1.54) is 44.2 Å². The maximum atomic E-state index is 6.12. The Kier molecular flexibility index (Phi) is 6.53. The monoisotopic (exact) mass is 402 g/mol. The number of rotatable bonds is 4. The largest absolute Gasteiger partial charge is 0.329 e. The molecule has 2 unspecified atom stereocenters.